The first kappa shape index (κ1) is 34.5. The molecule has 0 amide bonds. The molecule has 0 unspecified atom stereocenters. The maximum Gasteiger partial charge on any atom is 0.164 e. The molecule has 3 aromatic heterocycles. The number of nitrogens with zero attached hydrogens (tertiary/aromatic N) is 5. The van der Waals surface area contributed by atoms with Gasteiger partial charge in [-0.25, -0.2) is 15.0 Å². The van der Waals surface area contributed by atoms with Gasteiger partial charge in [0.05, 0.1) is 22.1 Å². The van der Waals surface area contributed by atoms with Gasteiger partial charge in [-0.3, -0.25) is 0 Å². The number of para-hydroxylation sites is 1. The summed E-state index contributed by atoms with van der Waals surface area (Å²) in [6.45, 7) is 0. The van der Waals surface area contributed by atoms with Crippen LogP contribution in [0, 0.1) is 0 Å². The van der Waals surface area contributed by atoms with Gasteiger partial charge in [-0.1, -0.05) is 158 Å². The molecule has 0 saturated carbocycles. The molecule has 10 aromatic carbocycles. The standard InChI is InChI=1S/C57H35N5/c1-3-14-37(15-4-1)55-58-56(38-16-5-2-6-17-38)60-57(59-55)47-24-13-22-36-26-27-43(34-48(36)47)62-53-33-42-21-10-8-19-40(42)31-50(53)46-29-28-44(35-54(46)62)61-51-25-12-11-23-45(51)49-30-39-18-7-9-20-41(39)32-52(49)61/h1-35H. The van der Waals surface area contributed by atoms with E-state index in [1.807, 2.05) is 36.4 Å². The summed E-state index contributed by atoms with van der Waals surface area (Å²) in [4.78, 5) is 15.3. The fraction of sp³-hybridized carbons (Fsp3) is 0. The van der Waals surface area contributed by atoms with Crippen molar-refractivity contribution in [1.29, 1.82) is 0 Å². The van der Waals surface area contributed by atoms with Crippen LogP contribution in [-0.2, 0) is 0 Å². The molecule has 3 heterocycles. The van der Waals surface area contributed by atoms with Crippen LogP contribution in [0.2, 0.25) is 0 Å². The Morgan fingerprint density at radius 3 is 1.37 bits per heavy atom. The second-order valence-electron chi connectivity index (χ2n) is 16.1. The van der Waals surface area contributed by atoms with Gasteiger partial charge in [0.1, 0.15) is 0 Å². The molecular formula is C57H35N5. The van der Waals surface area contributed by atoms with Crippen molar-refractivity contribution in [1.82, 2.24) is 24.1 Å². The van der Waals surface area contributed by atoms with Crippen LogP contribution in [0.1, 0.15) is 0 Å². The van der Waals surface area contributed by atoms with Gasteiger partial charge in [-0.05, 0) is 86.9 Å². The highest BCUT2D eigenvalue weighted by atomic mass is 15.0. The first-order valence-corrected chi connectivity index (χ1v) is 21.0. The molecule has 5 heteroatoms. The van der Waals surface area contributed by atoms with E-state index in [0.29, 0.717) is 17.5 Å². The van der Waals surface area contributed by atoms with Crippen molar-refractivity contribution in [2.24, 2.45) is 0 Å². The van der Waals surface area contributed by atoms with Gasteiger partial charge in [0, 0.05) is 49.6 Å². The van der Waals surface area contributed by atoms with Crippen molar-refractivity contribution < 1.29 is 0 Å². The third-order valence-electron chi connectivity index (χ3n) is 12.5. The van der Waals surface area contributed by atoms with E-state index in [-0.39, 0.29) is 0 Å². The number of benzene rings is 10. The first-order chi connectivity index (χ1) is 30.7. The van der Waals surface area contributed by atoms with Crippen LogP contribution >= 0.6 is 0 Å². The number of hydrogen-bond acceptors (Lipinski definition) is 3. The topological polar surface area (TPSA) is 48.5 Å². The molecule has 62 heavy (non-hydrogen) atoms. The number of aromatic nitrogens is 5. The van der Waals surface area contributed by atoms with Crippen LogP contribution in [0.25, 0.3) is 121 Å². The minimum atomic E-state index is 0.634. The molecule has 0 radical (unpaired) electrons. The van der Waals surface area contributed by atoms with Gasteiger partial charge < -0.3 is 9.13 Å². The normalized spacial score (nSPS) is 11.9. The quantitative estimate of drug-likeness (QED) is 0.174. The molecular weight excluding hydrogens is 755 g/mol. The van der Waals surface area contributed by atoms with Crippen LogP contribution in [0.4, 0.5) is 0 Å². The highest BCUT2D eigenvalue weighted by Crippen LogP contribution is 2.40. The molecule has 0 spiro atoms. The van der Waals surface area contributed by atoms with E-state index in [1.54, 1.807) is 0 Å². The zero-order valence-electron chi connectivity index (χ0n) is 33.4. The molecule has 0 N–H and O–H groups in total. The summed E-state index contributed by atoms with van der Waals surface area (Å²) in [7, 11) is 0. The van der Waals surface area contributed by atoms with Crippen LogP contribution < -0.4 is 0 Å². The number of rotatable bonds is 5. The third-order valence-corrected chi connectivity index (χ3v) is 12.5. The lowest BCUT2D eigenvalue weighted by atomic mass is 10.0. The van der Waals surface area contributed by atoms with Crippen molar-refractivity contribution in [3.8, 4) is 45.5 Å². The average molecular weight is 790 g/mol. The van der Waals surface area contributed by atoms with Gasteiger partial charge in [-0.15, -0.1) is 0 Å². The summed E-state index contributed by atoms with van der Waals surface area (Å²) < 4.78 is 4.88. The van der Waals surface area contributed by atoms with Crippen molar-refractivity contribution in [2.75, 3.05) is 0 Å². The number of fused-ring (bicyclic) bond motifs is 9. The van der Waals surface area contributed by atoms with E-state index in [2.05, 4.69) is 185 Å². The Balaban J connectivity index is 1.07. The Hall–Kier alpha value is -8.41. The minimum Gasteiger partial charge on any atom is -0.309 e. The van der Waals surface area contributed by atoms with Gasteiger partial charge in [0.2, 0.25) is 0 Å². The van der Waals surface area contributed by atoms with E-state index in [0.717, 1.165) is 49.9 Å². The van der Waals surface area contributed by atoms with E-state index in [4.69, 9.17) is 15.0 Å². The second-order valence-corrected chi connectivity index (χ2v) is 16.1. The molecule has 288 valence electrons. The SMILES string of the molecule is c1ccc(-c2nc(-c3ccccc3)nc(-c3cccc4ccc(-n5c6cc(-n7c8ccccc8c8cc9ccccc9cc87)ccc6c6cc7ccccc7cc65)cc34)n2)cc1. The molecule has 0 aliphatic rings. The van der Waals surface area contributed by atoms with Crippen LogP contribution in [-0.4, -0.2) is 24.1 Å². The highest BCUT2D eigenvalue weighted by molar-refractivity contribution is 6.16. The fourth-order valence-corrected chi connectivity index (χ4v) is 9.57. The van der Waals surface area contributed by atoms with E-state index in [9.17, 15) is 0 Å². The molecule has 0 saturated heterocycles. The highest BCUT2D eigenvalue weighted by Gasteiger charge is 2.20. The Morgan fingerprint density at radius 1 is 0.258 bits per heavy atom. The Labute approximate surface area is 356 Å². The molecule has 5 nitrogen and oxygen atoms in total. The minimum absolute atomic E-state index is 0.634. The first-order valence-electron chi connectivity index (χ1n) is 21.0. The van der Waals surface area contributed by atoms with Crippen molar-refractivity contribution in [3.05, 3.63) is 212 Å². The lowest BCUT2D eigenvalue weighted by Gasteiger charge is -2.14. The molecule has 0 aliphatic heterocycles. The summed E-state index contributed by atoms with van der Waals surface area (Å²) >= 11 is 0. The summed E-state index contributed by atoms with van der Waals surface area (Å²) in [6, 6.07) is 76.0. The van der Waals surface area contributed by atoms with Crippen LogP contribution in [0.3, 0.4) is 0 Å². The van der Waals surface area contributed by atoms with Crippen LogP contribution in [0.15, 0.2) is 212 Å². The van der Waals surface area contributed by atoms with Gasteiger partial charge in [0.25, 0.3) is 0 Å². The molecule has 0 aliphatic carbocycles. The molecule has 0 bridgehead atoms. The number of hydrogen-bond donors (Lipinski definition) is 0. The average Bonchev–Trinajstić information content (AvgIpc) is 3.83. The van der Waals surface area contributed by atoms with Gasteiger partial charge in [0.15, 0.2) is 17.5 Å². The largest absolute Gasteiger partial charge is 0.309 e. The van der Waals surface area contributed by atoms with Crippen LogP contribution in [0.5, 0.6) is 0 Å². The molecule has 0 atom stereocenters. The van der Waals surface area contributed by atoms with Crippen molar-refractivity contribution in [2.45, 2.75) is 0 Å². The molecule has 0 fully saturated rings. The maximum absolute atomic E-state index is 5.15. The predicted octanol–water partition coefficient (Wildman–Crippen LogP) is 14.5. The zero-order chi connectivity index (χ0) is 40.7. The predicted molar refractivity (Wildman–Crippen MR) is 257 cm³/mol. The summed E-state index contributed by atoms with van der Waals surface area (Å²) in [5, 5.41) is 12.0. The summed E-state index contributed by atoms with van der Waals surface area (Å²) in [5.41, 5.74) is 9.67. The van der Waals surface area contributed by atoms with E-state index in [1.165, 1.54) is 54.1 Å². The third kappa shape index (κ3) is 5.38. The second kappa shape index (κ2) is 13.6. The fourth-order valence-electron chi connectivity index (χ4n) is 9.57. The zero-order valence-corrected chi connectivity index (χ0v) is 33.4. The van der Waals surface area contributed by atoms with Gasteiger partial charge in [-0.2, -0.15) is 0 Å². The Kier molecular flexibility index (Phi) is 7.54. The lowest BCUT2D eigenvalue weighted by molar-refractivity contribution is 1.08. The van der Waals surface area contributed by atoms with Gasteiger partial charge >= 0.3 is 0 Å². The van der Waals surface area contributed by atoms with E-state index < -0.39 is 0 Å². The Morgan fingerprint density at radius 2 is 0.726 bits per heavy atom. The summed E-state index contributed by atoms with van der Waals surface area (Å²) in [5.74, 6) is 1.92. The van der Waals surface area contributed by atoms with Crippen molar-refractivity contribution in [3.63, 3.8) is 0 Å². The Bertz CT molecular complexity index is 3860. The van der Waals surface area contributed by atoms with Crippen molar-refractivity contribution >= 4 is 75.9 Å². The monoisotopic (exact) mass is 789 g/mol. The molecule has 13 rings (SSSR count). The smallest absolute Gasteiger partial charge is 0.164 e. The van der Waals surface area contributed by atoms with E-state index >= 15 is 0 Å². The summed E-state index contributed by atoms with van der Waals surface area (Å²) in [6.07, 6.45) is 0. The lowest BCUT2D eigenvalue weighted by Crippen LogP contribution is -2.01. The maximum atomic E-state index is 5.15. The molecule has 13 aromatic rings.